The molecular formula is C8H17O2PS. The maximum atomic E-state index is 5.48. The molecule has 4 heteroatoms. The molecule has 0 amide bonds. The second-order valence-corrected chi connectivity index (χ2v) is 6.42. The summed E-state index contributed by atoms with van der Waals surface area (Å²) in [6.07, 6.45) is 0.181. The molecule has 0 bridgehead atoms. The van der Waals surface area contributed by atoms with Gasteiger partial charge in [0.1, 0.15) is 0 Å². The predicted molar refractivity (Wildman–Crippen MR) is 56.9 cm³/mol. The van der Waals surface area contributed by atoms with Crippen LogP contribution >= 0.6 is 6.49 Å². The molecule has 0 fully saturated rings. The van der Waals surface area contributed by atoms with Crippen LogP contribution in [0.5, 0.6) is 0 Å². The Labute approximate surface area is 80.1 Å². The molecular weight excluding hydrogens is 191 g/mol. The lowest BCUT2D eigenvalue weighted by Crippen LogP contribution is -2.05. The molecule has 0 aliphatic rings. The molecule has 0 heterocycles. The van der Waals surface area contributed by atoms with Gasteiger partial charge in [-0.25, -0.2) is 0 Å². The minimum absolute atomic E-state index is 0.0904. The Hall–Kier alpha value is 0.310. The van der Waals surface area contributed by atoms with Crippen LogP contribution in [0.15, 0.2) is 12.4 Å². The van der Waals surface area contributed by atoms with E-state index in [1.54, 1.807) is 5.82 Å². The van der Waals surface area contributed by atoms with E-state index in [1.807, 2.05) is 27.7 Å². The van der Waals surface area contributed by atoms with Gasteiger partial charge < -0.3 is 9.05 Å². The zero-order valence-corrected chi connectivity index (χ0v) is 9.82. The number of hydrogen-bond donors (Lipinski definition) is 0. The quantitative estimate of drug-likeness (QED) is 0.646. The van der Waals surface area contributed by atoms with Gasteiger partial charge in [0.2, 0.25) is 6.49 Å². The van der Waals surface area contributed by atoms with Crippen molar-refractivity contribution in [2.75, 3.05) is 0 Å². The molecule has 0 saturated heterocycles. The molecule has 0 aliphatic heterocycles. The predicted octanol–water partition coefficient (Wildman–Crippen LogP) is 3.29. The first-order valence-corrected chi connectivity index (χ1v) is 6.70. The average molecular weight is 208 g/mol. The van der Waals surface area contributed by atoms with Crippen LogP contribution in [0, 0.1) is 0 Å². The van der Waals surface area contributed by atoms with E-state index in [-0.39, 0.29) is 12.2 Å². The zero-order valence-electron chi connectivity index (χ0n) is 8.11. The van der Waals surface area contributed by atoms with E-state index in [9.17, 15) is 0 Å². The zero-order chi connectivity index (χ0) is 9.78. The van der Waals surface area contributed by atoms with Gasteiger partial charge in [-0.05, 0) is 45.3 Å². The highest BCUT2D eigenvalue weighted by Gasteiger charge is 2.17. The summed E-state index contributed by atoms with van der Waals surface area (Å²) in [5.41, 5.74) is 0. The minimum atomic E-state index is -2.22. The van der Waals surface area contributed by atoms with Gasteiger partial charge in [-0.15, -0.1) is 0 Å². The summed E-state index contributed by atoms with van der Waals surface area (Å²) < 4.78 is 11.0. The minimum Gasteiger partial charge on any atom is -0.324 e. The van der Waals surface area contributed by atoms with Gasteiger partial charge in [0.25, 0.3) is 0 Å². The fourth-order valence-electron chi connectivity index (χ4n) is 0.699. The van der Waals surface area contributed by atoms with Crippen molar-refractivity contribution in [3.8, 4) is 0 Å². The Kier molecular flexibility index (Phi) is 5.26. The van der Waals surface area contributed by atoms with Crippen molar-refractivity contribution in [3.63, 3.8) is 0 Å². The largest absolute Gasteiger partial charge is 0.324 e. The Balaban J connectivity index is 4.25. The third kappa shape index (κ3) is 5.04. The third-order valence-corrected chi connectivity index (χ3v) is 3.78. The Morgan fingerprint density at radius 2 is 1.50 bits per heavy atom. The van der Waals surface area contributed by atoms with Gasteiger partial charge >= 0.3 is 0 Å². The van der Waals surface area contributed by atoms with Crippen LogP contribution in [-0.4, -0.2) is 12.2 Å². The molecule has 12 heavy (non-hydrogen) atoms. The van der Waals surface area contributed by atoms with E-state index >= 15 is 0 Å². The van der Waals surface area contributed by atoms with Gasteiger partial charge in [-0.3, -0.25) is 0 Å². The fraction of sp³-hybridized carbons (Fsp3) is 0.750. The van der Waals surface area contributed by atoms with E-state index < -0.39 is 6.49 Å². The van der Waals surface area contributed by atoms with Crippen LogP contribution in [0.4, 0.5) is 0 Å². The molecule has 0 N–H and O–H groups in total. The maximum Gasteiger partial charge on any atom is 0.212 e. The molecule has 0 saturated carbocycles. The van der Waals surface area contributed by atoms with Gasteiger partial charge in [0.15, 0.2) is 0 Å². The summed E-state index contributed by atoms with van der Waals surface area (Å²) in [4.78, 5) is 0. The molecule has 0 aromatic carbocycles. The molecule has 0 aromatic heterocycles. The molecule has 0 atom stereocenters. The van der Waals surface area contributed by atoms with Crippen LogP contribution in [-0.2, 0) is 20.9 Å². The summed E-state index contributed by atoms with van der Waals surface area (Å²) in [6, 6.07) is 0. The van der Waals surface area contributed by atoms with E-state index in [0.717, 1.165) is 0 Å². The fourth-order valence-corrected chi connectivity index (χ4v) is 3.13. The lowest BCUT2D eigenvalue weighted by atomic mass is 10.5. The van der Waals surface area contributed by atoms with Crippen LogP contribution in [0.2, 0.25) is 0 Å². The van der Waals surface area contributed by atoms with Crippen LogP contribution < -0.4 is 0 Å². The highest BCUT2D eigenvalue weighted by atomic mass is 32.5. The van der Waals surface area contributed by atoms with Crippen molar-refractivity contribution in [2.24, 2.45) is 0 Å². The average Bonchev–Trinajstić information content (AvgIpc) is 1.83. The molecule has 0 spiro atoms. The van der Waals surface area contributed by atoms with E-state index in [0.29, 0.717) is 0 Å². The summed E-state index contributed by atoms with van der Waals surface area (Å²) in [6.45, 7) is 9.17. The smallest absolute Gasteiger partial charge is 0.212 e. The SMILES string of the molecule is C=CP(=S)(OC(C)C)OC(C)C. The molecule has 0 aromatic rings. The highest BCUT2D eigenvalue weighted by Crippen LogP contribution is 2.51. The van der Waals surface area contributed by atoms with Gasteiger partial charge in [0.05, 0.1) is 12.2 Å². The summed E-state index contributed by atoms with van der Waals surface area (Å²) in [5, 5.41) is 0. The molecule has 2 nitrogen and oxygen atoms in total. The van der Waals surface area contributed by atoms with Crippen molar-refractivity contribution < 1.29 is 9.05 Å². The van der Waals surface area contributed by atoms with E-state index in [4.69, 9.17) is 20.9 Å². The Morgan fingerprint density at radius 1 is 1.17 bits per heavy atom. The topological polar surface area (TPSA) is 18.5 Å². The first kappa shape index (κ1) is 12.3. The van der Waals surface area contributed by atoms with Crippen molar-refractivity contribution in [2.45, 2.75) is 39.9 Å². The molecule has 0 radical (unpaired) electrons. The summed E-state index contributed by atoms with van der Waals surface area (Å²) in [7, 11) is 0. The molecule has 0 unspecified atom stereocenters. The number of hydrogen-bond acceptors (Lipinski definition) is 3. The van der Waals surface area contributed by atoms with Gasteiger partial charge in [-0.2, -0.15) is 0 Å². The molecule has 0 rings (SSSR count). The van der Waals surface area contributed by atoms with Crippen LogP contribution in [0.25, 0.3) is 0 Å². The second kappa shape index (κ2) is 5.13. The highest BCUT2D eigenvalue weighted by molar-refractivity contribution is 8.11. The normalized spacial score (nSPS) is 12.5. The molecule has 0 aliphatic carbocycles. The van der Waals surface area contributed by atoms with E-state index in [2.05, 4.69) is 6.58 Å². The summed E-state index contributed by atoms with van der Waals surface area (Å²) in [5.74, 6) is 1.61. The van der Waals surface area contributed by atoms with Crippen LogP contribution in [0.3, 0.4) is 0 Å². The lowest BCUT2D eigenvalue weighted by molar-refractivity contribution is 0.181. The van der Waals surface area contributed by atoms with Crippen LogP contribution in [0.1, 0.15) is 27.7 Å². The Bertz CT molecular complexity index is 175. The van der Waals surface area contributed by atoms with Crippen molar-refractivity contribution in [1.29, 1.82) is 0 Å². The monoisotopic (exact) mass is 208 g/mol. The molecule has 72 valence electrons. The van der Waals surface area contributed by atoms with Crippen molar-refractivity contribution in [1.82, 2.24) is 0 Å². The van der Waals surface area contributed by atoms with Crippen molar-refractivity contribution >= 4 is 18.3 Å². The first-order chi connectivity index (χ1) is 5.39. The Morgan fingerprint density at radius 3 is 1.67 bits per heavy atom. The summed E-state index contributed by atoms with van der Waals surface area (Å²) >= 11 is 5.20. The second-order valence-electron chi connectivity index (χ2n) is 3.03. The maximum absolute atomic E-state index is 5.48. The van der Waals surface area contributed by atoms with Gasteiger partial charge in [0, 0.05) is 0 Å². The third-order valence-electron chi connectivity index (χ3n) is 0.939. The number of rotatable bonds is 5. The standard InChI is InChI=1S/C8H17O2PS/c1-6-11(12,9-7(2)3)10-8(4)5/h6-8H,1H2,2-5H3. The first-order valence-electron chi connectivity index (χ1n) is 3.99. The van der Waals surface area contributed by atoms with Gasteiger partial charge in [-0.1, -0.05) is 6.58 Å². The lowest BCUT2D eigenvalue weighted by Gasteiger charge is -2.22. The van der Waals surface area contributed by atoms with E-state index in [1.165, 1.54) is 0 Å². The van der Waals surface area contributed by atoms with Crippen molar-refractivity contribution in [3.05, 3.63) is 12.4 Å².